The summed E-state index contributed by atoms with van der Waals surface area (Å²) >= 11 is 1.70. The number of aliphatic hydroxyl groups is 2. The second-order valence-corrected chi connectivity index (χ2v) is 9.29. The van der Waals surface area contributed by atoms with Crippen LogP contribution in [-0.2, 0) is 4.79 Å². The predicted molar refractivity (Wildman–Crippen MR) is 127 cm³/mol. The van der Waals surface area contributed by atoms with Crippen molar-refractivity contribution in [2.24, 2.45) is 0 Å². The van der Waals surface area contributed by atoms with Crippen LogP contribution in [0.3, 0.4) is 0 Å². The fraction of sp³-hybridized carbons (Fsp3) is 0.875. The van der Waals surface area contributed by atoms with Crippen LogP contribution in [0.4, 0.5) is 0 Å². The molecular weight excluding hydrogens is 382 g/mol. The standard InChI is InChI=1S/C24H47NO3S/c1-3-4-5-6-7-8-9-10-11-12-13-14-18-24(23(28)17-15-16-20-26)29-21-19-25-22(2)27/h14,18,23-24,26,28H,3-13,15-17,19-21H2,1-2H3,(H,25,27)/b18-14-/t23-,24+/m0/s1. The molecule has 0 heterocycles. The maximum absolute atomic E-state index is 11.0. The molecule has 0 aliphatic heterocycles. The summed E-state index contributed by atoms with van der Waals surface area (Å²) in [5.74, 6) is 0.784. The highest BCUT2D eigenvalue weighted by Gasteiger charge is 2.16. The van der Waals surface area contributed by atoms with Crippen molar-refractivity contribution in [3.05, 3.63) is 12.2 Å². The van der Waals surface area contributed by atoms with Gasteiger partial charge < -0.3 is 15.5 Å². The molecule has 1 amide bonds. The molecule has 3 N–H and O–H groups in total. The average molecular weight is 430 g/mol. The van der Waals surface area contributed by atoms with Gasteiger partial charge in [-0.2, -0.15) is 0 Å². The number of aliphatic hydroxyl groups excluding tert-OH is 2. The summed E-state index contributed by atoms with van der Waals surface area (Å²) in [6, 6.07) is 0. The van der Waals surface area contributed by atoms with Crippen LogP contribution in [0, 0.1) is 0 Å². The van der Waals surface area contributed by atoms with E-state index < -0.39 is 6.10 Å². The smallest absolute Gasteiger partial charge is 0.216 e. The van der Waals surface area contributed by atoms with Crippen molar-refractivity contribution in [3.8, 4) is 0 Å². The third kappa shape index (κ3) is 20.5. The Kier molecular flexibility index (Phi) is 21.8. The summed E-state index contributed by atoms with van der Waals surface area (Å²) in [5.41, 5.74) is 0. The number of nitrogens with one attached hydrogen (secondary N) is 1. The molecule has 0 unspecified atom stereocenters. The SMILES string of the molecule is CCCCCCCCCCCC/C=C\[C@@H](SCCNC(C)=O)[C@@H](O)CCCCO. The minimum Gasteiger partial charge on any atom is -0.396 e. The lowest BCUT2D eigenvalue weighted by molar-refractivity contribution is -0.118. The number of carbonyl (C=O) groups excluding carboxylic acids is 1. The van der Waals surface area contributed by atoms with Crippen LogP contribution < -0.4 is 5.32 Å². The Bertz CT molecular complexity index is 390. The topological polar surface area (TPSA) is 69.6 Å². The van der Waals surface area contributed by atoms with E-state index >= 15 is 0 Å². The number of thioether (sulfide) groups is 1. The van der Waals surface area contributed by atoms with Crippen molar-refractivity contribution < 1.29 is 15.0 Å². The average Bonchev–Trinajstić information content (AvgIpc) is 2.70. The molecule has 2 atom stereocenters. The van der Waals surface area contributed by atoms with Gasteiger partial charge in [0.05, 0.1) is 6.10 Å². The summed E-state index contributed by atoms with van der Waals surface area (Å²) in [7, 11) is 0. The largest absolute Gasteiger partial charge is 0.396 e. The van der Waals surface area contributed by atoms with Gasteiger partial charge in [-0.15, -0.1) is 11.8 Å². The molecule has 0 spiro atoms. The summed E-state index contributed by atoms with van der Waals surface area (Å²) in [4.78, 5) is 11.0. The van der Waals surface area contributed by atoms with Crippen LogP contribution in [0.1, 0.15) is 104 Å². The Morgan fingerprint density at radius 3 is 2.17 bits per heavy atom. The number of allylic oxidation sites excluding steroid dienone is 1. The van der Waals surface area contributed by atoms with Gasteiger partial charge in [0, 0.05) is 31.1 Å². The Morgan fingerprint density at radius 1 is 0.966 bits per heavy atom. The third-order valence-electron chi connectivity index (χ3n) is 5.12. The van der Waals surface area contributed by atoms with E-state index in [-0.39, 0.29) is 17.8 Å². The number of hydrogen-bond donors (Lipinski definition) is 3. The molecule has 0 rings (SSSR count). The van der Waals surface area contributed by atoms with E-state index in [0.717, 1.165) is 25.0 Å². The predicted octanol–water partition coefficient (Wildman–Crippen LogP) is 5.62. The van der Waals surface area contributed by atoms with Gasteiger partial charge in [-0.25, -0.2) is 0 Å². The maximum Gasteiger partial charge on any atom is 0.216 e. The van der Waals surface area contributed by atoms with E-state index in [1.165, 1.54) is 71.1 Å². The van der Waals surface area contributed by atoms with Crippen LogP contribution >= 0.6 is 11.8 Å². The molecule has 0 aromatic rings. The number of unbranched alkanes of at least 4 members (excludes halogenated alkanes) is 11. The molecule has 0 fully saturated rings. The fourth-order valence-electron chi connectivity index (χ4n) is 3.33. The first-order valence-corrected chi connectivity index (χ1v) is 13.0. The van der Waals surface area contributed by atoms with E-state index in [0.29, 0.717) is 13.0 Å². The minimum atomic E-state index is -0.396. The lowest BCUT2D eigenvalue weighted by Crippen LogP contribution is -2.26. The highest BCUT2D eigenvalue weighted by atomic mass is 32.2. The van der Waals surface area contributed by atoms with E-state index in [1.807, 2.05) is 0 Å². The van der Waals surface area contributed by atoms with Gasteiger partial charge in [-0.1, -0.05) is 76.9 Å². The van der Waals surface area contributed by atoms with Gasteiger partial charge in [0.25, 0.3) is 0 Å². The molecule has 0 radical (unpaired) electrons. The number of amides is 1. The Morgan fingerprint density at radius 2 is 1.59 bits per heavy atom. The van der Waals surface area contributed by atoms with Gasteiger partial charge in [-0.3, -0.25) is 4.79 Å². The normalized spacial score (nSPS) is 13.7. The Hall–Kier alpha value is -0.520. The van der Waals surface area contributed by atoms with Crippen LogP contribution in [0.15, 0.2) is 12.2 Å². The minimum absolute atomic E-state index is 0.0119. The zero-order valence-corrected chi connectivity index (χ0v) is 19.9. The van der Waals surface area contributed by atoms with Crippen LogP contribution in [0.5, 0.6) is 0 Å². The van der Waals surface area contributed by atoms with Crippen LogP contribution in [0.2, 0.25) is 0 Å². The molecule has 0 aromatic heterocycles. The second-order valence-electron chi connectivity index (χ2n) is 8.00. The molecule has 172 valence electrons. The molecule has 5 heteroatoms. The van der Waals surface area contributed by atoms with E-state index in [2.05, 4.69) is 24.4 Å². The van der Waals surface area contributed by atoms with E-state index in [1.54, 1.807) is 11.8 Å². The highest BCUT2D eigenvalue weighted by molar-refractivity contribution is 8.00. The summed E-state index contributed by atoms with van der Waals surface area (Å²) < 4.78 is 0. The van der Waals surface area contributed by atoms with Crippen molar-refractivity contribution in [1.82, 2.24) is 5.32 Å². The third-order valence-corrected chi connectivity index (χ3v) is 6.42. The molecule has 0 bridgehead atoms. The Balaban J connectivity index is 3.95. The van der Waals surface area contributed by atoms with E-state index in [9.17, 15) is 9.90 Å². The number of hydrogen-bond acceptors (Lipinski definition) is 4. The summed E-state index contributed by atoms with van der Waals surface area (Å²) in [5, 5.41) is 22.3. The molecule has 29 heavy (non-hydrogen) atoms. The van der Waals surface area contributed by atoms with Crippen molar-refractivity contribution in [1.29, 1.82) is 0 Å². The van der Waals surface area contributed by atoms with Gasteiger partial charge >= 0.3 is 0 Å². The summed E-state index contributed by atoms with van der Waals surface area (Å²) in [6.45, 7) is 4.60. The zero-order chi connectivity index (χ0) is 21.6. The molecular formula is C24H47NO3S. The summed E-state index contributed by atoms with van der Waals surface area (Å²) in [6.07, 6.45) is 20.8. The number of carbonyl (C=O) groups is 1. The lowest BCUT2D eigenvalue weighted by atomic mass is 10.1. The first-order valence-electron chi connectivity index (χ1n) is 11.9. The van der Waals surface area contributed by atoms with Crippen molar-refractivity contribution >= 4 is 17.7 Å². The van der Waals surface area contributed by atoms with Gasteiger partial charge in [-0.05, 0) is 32.1 Å². The van der Waals surface area contributed by atoms with Crippen LogP contribution in [-0.4, -0.2) is 46.4 Å². The molecule has 0 aliphatic carbocycles. The van der Waals surface area contributed by atoms with Crippen LogP contribution in [0.25, 0.3) is 0 Å². The molecule has 0 saturated carbocycles. The first kappa shape index (κ1) is 28.5. The van der Waals surface area contributed by atoms with Crippen molar-refractivity contribution in [3.63, 3.8) is 0 Å². The van der Waals surface area contributed by atoms with Gasteiger partial charge in [0.2, 0.25) is 5.91 Å². The van der Waals surface area contributed by atoms with Gasteiger partial charge in [0.1, 0.15) is 0 Å². The van der Waals surface area contributed by atoms with E-state index in [4.69, 9.17) is 5.11 Å². The second kappa shape index (κ2) is 22.2. The quantitative estimate of drug-likeness (QED) is 0.164. The van der Waals surface area contributed by atoms with Crippen molar-refractivity contribution in [2.75, 3.05) is 18.9 Å². The molecule has 0 saturated heterocycles. The first-order chi connectivity index (χ1) is 14.1. The molecule has 4 nitrogen and oxygen atoms in total. The van der Waals surface area contributed by atoms with Crippen molar-refractivity contribution in [2.45, 2.75) is 115 Å². The Labute approximate surface area is 184 Å². The lowest BCUT2D eigenvalue weighted by Gasteiger charge is -2.19. The highest BCUT2D eigenvalue weighted by Crippen LogP contribution is 2.21. The number of rotatable bonds is 21. The molecule has 0 aliphatic rings. The monoisotopic (exact) mass is 429 g/mol. The van der Waals surface area contributed by atoms with Gasteiger partial charge in [0.15, 0.2) is 0 Å². The molecule has 0 aromatic carbocycles. The fourth-order valence-corrected chi connectivity index (χ4v) is 4.40. The zero-order valence-electron chi connectivity index (χ0n) is 19.0. The maximum atomic E-state index is 11.0.